The van der Waals surface area contributed by atoms with Crippen LogP contribution in [0, 0.1) is 0 Å². The molecule has 7 heteroatoms. The van der Waals surface area contributed by atoms with E-state index in [4.69, 9.17) is 30.5 Å². The minimum atomic E-state index is -0.148. The van der Waals surface area contributed by atoms with Crippen LogP contribution in [0.15, 0.2) is 30.3 Å². The van der Waals surface area contributed by atoms with E-state index in [0.717, 1.165) is 5.56 Å². The van der Waals surface area contributed by atoms with Crippen LogP contribution in [-0.2, 0) is 11.2 Å². The third-order valence-electron chi connectivity index (χ3n) is 3.92. The van der Waals surface area contributed by atoms with E-state index in [0.29, 0.717) is 53.2 Å². The maximum atomic E-state index is 12.4. The van der Waals surface area contributed by atoms with Crippen LogP contribution in [0.3, 0.4) is 0 Å². The molecule has 0 aliphatic carbocycles. The van der Waals surface area contributed by atoms with Crippen molar-refractivity contribution in [2.75, 3.05) is 33.3 Å². The van der Waals surface area contributed by atoms with Crippen LogP contribution in [0.25, 0.3) is 0 Å². The van der Waals surface area contributed by atoms with Crippen LogP contribution in [0.2, 0.25) is 5.02 Å². The van der Waals surface area contributed by atoms with E-state index >= 15 is 0 Å². The summed E-state index contributed by atoms with van der Waals surface area (Å²) in [6.07, 6.45) is 0.854. The number of ether oxygens (including phenoxy) is 4. The highest BCUT2D eigenvalue weighted by Gasteiger charge is 2.13. The quantitative estimate of drug-likeness (QED) is 0.686. The second-order valence-corrected chi connectivity index (χ2v) is 6.06. The minimum Gasteiger partial charge on any atom is -0.495 e. The van der Waals surface area contributed by atoms with Crippen molar-refractivity contribution >= 4 is 23.2 Å². The maximum absolute atomic E-state index is 12.4. The van der Waals surface area contributed by atoms with Gasteiger partial charge in [0, 0.05) is 18.6 Å². The number of nitrogens with one attached hydrogen (secondary N) is 1. The molecule has 0 radical (unpaired) electrons. The zero-order valence-electron chi connectivity index (χ0n) is 15.9. The Hall–Kier alpha value is -2.60. The molecule has 6 nitrogen and oxygen atoms in total. The molecular formula is C20H24ClNO5. The Morgan fingerprint density at radius 1 is 0.963 bits per heavy atom. The highest BCUT2D eigenvalue weighted by atomic mass is 35.5. The molecule has 0 aromatic heterocycles. The van der Waals surface area contributed by atoms with Crippen LogP contribution < -0.4 is 24.3 Å². The number of benzene rings is 2. The summed E-state index contributed by atoms with van der Waals surface area (Å²) in [5.41, 5.74) is 1.49. The predicted octanol–water partition coefficient (Wildman–Crippen LogP) is 4.34. The Bertz CT molecular complexity index is 794. The fraction of sp³-hybridized carbons (Fsp3) is 0.350. The van der Waals surface area contributed by atoms with E-state index in [-0.39, 0.29) is 5.91 Å². The summed E-state index contributed by atoms with van der Waals surface area (Å²) < 4.78 is 21.3. The summed E-state index contributed by atoms with van der Waals surface area (Å²) in [5.74, 6) is 2.12. The molecule has 0 saturated heterocycles. The van der Waals surface area contributed by atoms with Gasteiger partial charge in [-0.25, -0.2) is 0 Å². The number of amides is 1. The molecule has 2 aromatic carbocycles. The summed E-state index contributed by atoms with van der Waals surface area (Å²) in [4.78, 5) is 12.4. The van der Waals surface area contributed by atoms with E-state index in [1.807, 2.05) is 25.1 Å². The van der Waals surface area contributed by atoms with Gasteiger partial charge in [0.1, 0.15) is 11.5 Å². The van der Waals surface area contributed by atoms with Crippen LogP contribution >= 0.6 is 11.6 Å². The molecule has 0 aliphatic rings. The lowest BCUT2D eigenvalue weighted by atomic mass is 10.1. The Labute approximate surface area is 164 Å². The Kier molecular flexibility index (Phi) is 7.61. The van der Waals surface area contributed by atoms with Crippen molar-refractivity contribution in [3.05, 3.63) is 40.9 Å². The molecule has 2 aromatic rings. The molecule has 27 heavy (non-hydrogen) atoms. The van der Waals surface area contributed by atoms with Crippen molar-refractivity contribution in [3.8, 4) is 23.0 Å². The SMILES string of the molecule is CCOc1ccc(CCC(=O)Nc2cc(OC)c(Cl)cc2OC)cc1OC. The number of methoxy groups -OCH3 is 3. The number of hydrogen-bond donors (Lipinski definition) is 1. The molecule has 1 amide bonds. The molecule has 0 fully saturated rings. The van der Waals surface area contributed by atoms with E-state index in [1.165, 1.54) is 14.2 Å². The number of rotatable bonds is 9. The van der Waals surface area contributed by atoms with Gasteiger partial charge in [0.2, 0.25) is 5.91 Å². The van der Waals surface area contributed by atoms with Crippen LogP contribution in [-0.4, -0.2) is 33.8 Å². The minimum absolute atomic E-state index is 0.148. The topological polar surface area (TPSA) is 66.0 Å². The van der Waals surface area contributed by atoms with Crippen molar-refractivity contribution in [2.45, 2.75) is 19.8 Å². The Morgan fingerprint density at radius 3 is 2.30 bits per heavy atom. The largest absolute Gasteiger partial charge is 0.495 e. The monoisotopic (exact) mass is 393 g/mol. The number of carbonyl (C=O) groups excluding carboxylic acids is 1. The normalized spacial score (nSPS) is 10.3. The van der Waals surface area contributed by atoms with E-state index in [9.17, 15) is 4.79 Å². The van der Waals surface area contributed by atoms with Crippen molar-refractivity contribution in [2.24, 2.45) is 0 Å². The number of halogens is 1. The third-order valence-corrected chi connectivity index (χ3v) is 4.21. The van der Waals surface area contributed by atoms with E-state index < -0.39 is 0 Å². The molecule has 0 atom stereocenters. The molecule has 0 bridgehead atoms. The standard InChI is InChI=1S/C20H24ClNO5/c1-5-27-16-8-6-13(10-19(16)26-4)7-9-20(23)22-15-12-17(24-2)14(21)11-18(15)25-3/h6,8,10-12H,5,7,9H2,1-4H3,(H,22,23). The maximum Gasteiger partial charge on any atom is 0.224 e. The van der Waals surface area contributed by atoms with Gasteiger partial charge < -0.3 is 24.3 Å². The summed E-state index contributed by atoms with van der Waals surface area (Å²) in [7, 11) is 4.62. The van der Waals surface area contributed by atoms with Crippen LogP contribution in [0.1, 0.15) is 18.9 Å². The summed E-state index contributed by atoms with van der Waals surface area (Å²) in [5, 5.41) is 3.25. The summed E-state index contributed by atoms with van der Waals surface area (Å²) >= 11 is 6.08. The first-order chi connectivity index (χ1) is 13.0. The van der Waals surface area contributed by atoms with Gasteiger partial charge in [-0.1, -0.05) is 17.7 Å². The molecule has 1 N–H and O–H groups in total. The van der Waals surface area contributed by atoms with Gasteiger partial charge >= 0.3 is 0 Å². The second-order valence-electron chi connectivity index (χ2n) is 5.65. The molecule has 0 aliphatic heterocycles. The van der Waals surface area contributed by atoms with Gasteiger partial charge in [-0.3, -0.25) is 4.79 Å². The fourth-order valence-corrected chi connectivity index (χ4v) is 2.80. The number of aryl methyl sites for hydroxylation is 1. The molecular weight excluding hydrogens is 370 g/mol. The zero-order valence-corrected chi connectivity index (χ0v) is 16.7. The van der Waals surface area contributed by atoms with Gasteiger partial charge in [-0.2, -0.15) is 0 Å². The molecule has 0 saturated carbocycles. The summed E-state index contributed by atoms with van der Waals surface area (Å²) in [6.45, 7) is 2.47. The lowest BCUT2D eigenvalue weighted by Crippen LogP contribution is -2.13. The predicted molar refractivity (Wildman–Crippen MR) is 106 cm³/mol. The van der Waals surface area contributed by atoms with E-state index in [1.54, 1.807) is 19.2 Å². The second kappa shape index (κ2) is 9.92. The first-order valence-corrected chi connectivity index (χ1v) is 8.91. The van der Waals surface area contributed by atoms with Crippen molar-refractivity contribution < 1.29 is 23.7 Å². The van der Waals surface area contributed by atoms with Crippen LogP contribution in [0.5, 0.6) is 23.0 Å². The molecule has 0 spiro atoms. The van der Waals surface area contributed by atoms with Crippen molar-refractivity contribution in [1.29, 1.82) is 0 Å². The smallest absolute Gasteiger partial charge is 0.224 e. The fourth-order valence-electron chi connectivity index (χ4n) is 2.57. The van der Waals surface area contributed by atoms with Crippen molar-refractivity contribution in [3.63, 3.8) is 0 Å². The van der Waals surface area contributed by atoms with Gasteiger partial charge in [-0.05, 0) is 31.0 Å². The zero-order chi connectivity index (χ0) is 19.8. The van der Waals surface area contributed by atoms with Gasteiger partial charge in [-0.15, -0.1) is 0 Å². The first-order valence-electron chi connectivity index (χ1n) is 8.53. The average Bonchev–Trinajstić information content (AvgIpc) is 2.68. The molecule has 146 valence electrons. The highest BCUT2D eigenvalue weighted by Crippen LogP contribution is 2.36. The molecule has 2 rings (SSSR count). The van der Waals surface area contributed by atoms with Gasteiger partial charge in [0.25, 0.3) is 0 Å². The lowest BCUT2D eigenvalue weighted by Gasteiger charge is -2.13. The average molecular weight is 394 g/mol. The summed E-state index contributed by atoms with van der Waals surface area (Å²) in [6, 6.07) is 8.89. The van der Waals surface area contributed by atoms with E-state index in [2.05, 4.69) is 5.32 Å². The van der Waals surface area contributed by atoms with Gasteiger partial charge in [0.15, 0.2) is 11.5 Å². The number of carbonyl (C=O) groups is 1. The Balaban J connectivity index is 2.04. The lowest BCUT2D eigenvalue weighted by molar-refractivity contribution is -0.116. The van der Waals surface area contributed by atoms with Crippen molar-refractivity contribution in [1.82, 2.24) is 0 Å². The Morgan fingerprint density at radius 2 is 1.67 bits per heavy atom. The van der Waals surface area contributed by atoms with Gasteiger partial charge in [0.05, 0.1) is 38.6 Å². The molecule has 0 unspecified atom stereocenters. The molecule has 0 heterocycles. The third kappa shape index (κ3) is 5.44. The first kappa shape index (κ1) is 20.7. The van der Waals surface area contributed by atoms with Crippen LogP contribution in [0.4, 0.5) is 5.69 Å². The number of anilines is 1. The number of hydrogen-bond acceptors (Lipinski definition) is 5. The highest BCUT2D eigenvalue weighted by molar-refractivity contribution is 6.32.